The summed E-state index contributed by atoms with van der Waals surface area (Å²) in [4.78, 5) is 12.7. The summed E-state index contributed by atoms with van der Waals surface area (Å²) in [7, 11) is -3.08. The van der Waals surface area contributed by atoms with Gasteiger partial charge in [0.25, 0.3) is 5.91 Å². The van der Waals surface area contributed by atoms with E-state index in [9.17, 15) is 17.6 Å². The van der Waals surface area contributed by atoms with Gasteiger partial charge in [-0.25, -0.2) is 12.8 Å². The Bertz CT molecular complexity index is 1070. The van der Waals surface area contributed by atoms with Crippen molar-refractivity contribution >= 4 is 26.8 Å². The van der Waals surface area contributed by atoms with Crippen LogP contribution in [0.25, 0.3) is 11.1 Å². The number of benzene rings is 1. The van der Waals surface area contributed by atoms with E-state index in [0.29, 0.717) is 24.2 Å². The van der Waals surface area contributed by atoms with Crippen LogP contribution < -0.4 is 5.32 Å². The molecular formula is C18H17FN2O4S. The summed E-state index contributed by atoms with van der Waals surface area (Å²) in [5.74, 6) is -0.611. The van der Waals surface area contributed by atoms with Crippen molar-refractivity contribution < 1.29 is 22.0 Å². The molecule has 1 aromatic carbocycles. The third-order valence-electron chi connectivity index (χ3n) is 4.58. The Labute approximate surface area is 149 Å². The molecule has 6 nitrogen and oxygen atoms in total. The summed E-state index contributed by atoms with van der Waals surface area (Å²) in [6.07, 6.45) is 1.96. The molecular weight excluding hydrogens is 359 g/mol. The van der Waals surface area contributed by atoms with E-state index in [1.54, 1.807) is 28.8 Å². The molecule has 0 radical (unpaired) electrons. The van der Waals surface area contributed by atoms with E-state index >= 15 is 0 Å². The summed E-state index contributed by atoms with van der Waals surface area (Å²) in [5, 5.41) is 2.80. The smallest absolute Gasteiger partial charge is 0.268 e. The molecule has 0 saturated carbocycles. The van der Waals surface area contributed by atoms with Gasteiger partial charge in [-0.15, -0.1) is 0 Å². The molecule has 1 atom stereocenters. The van der Waals surface area contributed by atoms with Gasteiger partial charge in [-0.05, 0) is 24.1 Å². The van der Waals surface area contributed by atoms with Crippen molar-refractivity contribution in [3.63, 3.8) is 0 Å². The van der Waals surface area contributed by atoms with Crippen LogP contribution in [-0.4, -0.2) is 36.4 Å². The van der Waals surface area contributed by atoms with Crippen molar-refractivity contribution in [1.82, 2.24) is 9.88 Å². The van der Waals surface area contributed by atoms with Gasteiger partial charge in [0.05, 0.1) is 23.3 Å². The lowest BCUT2D eigenvalue weighted by atomic mass is 10.2. The first-order chi connectivity index (χ1) is 12.4. The van der Waals surface area contributed by atoms with Gasteiger partial charge in [0.15, 0.2) is 15.4 Å². The molecule has 136 valence electrons. The second-order valence-electron chi connectivity index (χ2n) is 6.49. The molecule has 0 bridgehead atoms. The highest BCUT2D eigenvalue weighted by atomic mass is 32.2. The number of hydrogen-bond acceptors (Lipinski definition) is 4. The second-order valence-corrected chi connectivity index (χ2v) is 8.71. The Morgan fingerprint density at radius 3 is 2.73 bits per heavy atom. The number of carbonyl (C=O) groups is 1. The summed E-state index contributed by atoms with van der Waals surface area (Å²) < 4.78 is 43.5. The van der Waals surface area contributed by atoms with Gasteiger partial charge < -0.3 is 14.3 Å². The minimum absolute atomic E-state index is 0.0342. The summed E-state index contributed by atoms with van der Waals surface area (Å²) in [6.45, 7) is 0.370. The molecule has 3 heterocycles. The molecule has 1 N–H and O–H groups in total. The number of aromatic nitrogens is 1. The Morgan fingerprint density at radius 1 is 1.27 bits per heavy atom. The lowest BCUT2D eigenvalue weighted by Crippen LogP contribution is -2.36. The number of amides is 1. The van der Waals surface area contributed by atoms with Gasteiger partial charge >= 0.3 is 0 Å². The maximum atomic E-state index is 13.1. The van der Waals surface area contributed by atoms with Gasteiger partial charge in [-0.2, -0.15) is 0 Å². The predicted octanol–water partition coefficient (Wildman–Crippen LogP) is 2.34. The number of carbonyl (C=O) groups excluding carboxylic acids is 1. The van der Waals surface area contributed by atoms with E-state index in [1.807, 2.05) is 0 Å². The molecule has 1 aliphatic rings. The quantitative estimate of drug-likeness (QED) is 0.758. The summed E-state index contributed by atoms with van der Waals surface area (Å²) in [6, 6.07) is 9.07. The molecule has 0 unspecified atom stereocenters. The van der Waals surface area contributed by atoms with Crippen molar-refractivity contribution in [2.45, 2.75) is 19.0 Å². The SMILES string of the molecule is O=C(N[C@H]1CCS(=O)(=O)C1)c1cc2occc2n1Cc1ccc(F)cc1. The zero-order valence-corrected chi connectivity index (χ0v) is 14.6. The number of hydrogen-bond donors (Lipinski definition) is 1. The predicted molar refractivity (Wildman–Crippen MR) is 94.2 cm³/mol. The minimum atomic E-state index is -3.08. The van der Waals surface area contributed by atoms with Gasteiger partial charge in [-0.3, -0.25) is 4.79 Å². The molecule has 3 aromatic rings. The Balaban J connectivity index is 1.63. The average Bonchev–Trinajstić information content (AvgIpc) is 3.25. The molecule has 1 amide bonds. The van der Waals surface area contributed by atoms with Crippen LogP contribution in [-0.2, 0) is 16.4 Å². The van der Waals surface area contributed by atoms with Crippen LogP contribution in [0, 0.1) is 5.82 Å². The first kappa shape index (κ1) is 16.8. The van der Waals surface area contributed by atoms with E-state index in [1.165, 1.54) is 18.4 Å². The zero-order valence-electron chi connectivity index (χ0n) is 13.8. The highest BCUT2D eigenvalue weighted by Gasteiger charge is 2.30. The van der Waals surface area contributed by atoms with Crippen molar-refractivity contribution in [3.8, 4) is 0 Å². The maximum Gasteiger partial charge on any atom is 0.268 e. The number of sulfone groups is 1. The van der Waals surface area contributed by atoms with Crippen LogP contribution in [0.4, 0.5) is 4.39 Å². The lowest BCUT2D eigenvalue weighted by Gasteiger charge is -2.13. The largest absolute Gasteiger partial charge is 0.463 e. The number of halogens is 1. The van der Waals surface area contributed by atoms with Gasteiger partial charge in [0.1, 0.15) is 11.5 Å². The van der Waals surface area contributed by atoms with Gasteiger partial charge in [0, 0.05) is 24.7 Å². The van der Waals surface area contributed by atoms with Crippen LogP contribution in [0.3, 0.4) is 0 Å². The third-order valence-corrected chi connectivity index (χ3v) is 6.34. The normalized spacial score (nSPS) is 19.0. The Hall–Kier alpha value is -2.61. The van der Waals surface area contributed by atoms with Crippen LogP contribution in [0.2, 0.25) is 0 Å². The molecule has 0 aliphatic carbocycles. The number of nitrogens with zero attached hydrogens (tertiary/aromatic N) is 1. The molecule has 1 saturated heterocycles. The third kappa shape index (κ3) is 3.24. The van der Waals surface area contributed by atoms with Crippen molar-refractivity contribution in [2.75, 3.05) is 11.5 Å². The van der Waals surface area contributed by atoms with Gasteiger partial charge in [0.2, 0.25) is 0 Å². The topological polar surface area (TPSA) is 81.3 Å². The number of fused-ring (bicyclic) bond motifs is 1. The fourth-order valence-corrected chi connectivity index (χ4v) is 4.95. The van der Waals surface area contributed by atoms with Crippen LogP contribution >= 0.6 is 0 Å². The second kappa shape index (κ2) is 6.28. The molecule has 0 spiro atoms. The summed E-state index contributed by atoms with van der Waals surface area (Å²) in [5.41, 5.74) is 2.53. The molecule has 2 aromatic heterocycles. The first-order valence-corrected chi connectivity index (χ1v) is 10.1. The van der Waals surface area contributed by atoms with Crippen molar-refractivity contribution in [3.05, 3.63) is 59.7 Å². The Morgan fingerprint density at radius 2 is 2.04 bits per heavy atom. The van der Waals surface area contributed by atoms with E-state index in [-0.39, 0.29) is 29.3 Å². The number of nitrogens with one attached hydrogen (secondary N) is 1. The Kier molecular flexibility index (Phi) is 4.07. The van der Waals surface area contributed by atoms with Crippen LogP contribution in [0.1, 0.15) is 22.5 Å². The van der Waals surface area contributed by atoms with E-state index in [4.69, 9.17) is 4.42 Å². The molecule has 1 aliphatic heterocycles. The summed E-state index contributed by atoms with van der Waals surface area (Å²) >= 11 is 0. The van der Waals surface area contributed by atoms with Crippen molar-refractivity contribution in [1.29, 1.82) is 0 Å². The fourth-order valence-electron chi connectivity index (χ4n) is 3.28. The van der Waals surface area contributed by atoms with Crippen molar-refractivity contribution in [2.24, 2.45) is 0 Å². The number of rotatable bonds is 4. The highest BCUT2D eigenvalue weighted by molar-refractivity contribution is 7.91. The van der Waals surface area contributed by atoms with Crippen LogP contribution in [0.5, 0.6) is 0 Å². The molecule has 1 fully saturated rings. The highest BCUT2D eigenvalue weighted by Crippen LogP contribution is 2.23. The molecule has 4 rings (SSSR count). The van der Waals surface area contributed by atoms with Gasteiger partial charge in [-0.1, -0.05) is 12.1 Å². The van der Waals surface area contributed by atoms with E-state index in [2.05, 4.69) is 5.32 Å². The molecule has 8 heteroatoms. The fraction of sp³-hybridized carbons (Fsp3) is 0.278. The standard InChI is InChI=1S/C18H17FN2O4S/c19-13-3-1-12(2-4-13)10-21-15-5-7-25-17(15)9-16(21)18(22)20-14-6-8-26(23,24)11-14/h1-5,7,9,14H,6,8,10-11H2,(H,20,22)/t14-/m0/s1. The number of furan rings is 1. The lowest BCUT2D eigenvalue weighted by molar-refractivity contribution is 0.0932. The van der Waals surface area contributed by atoms with E-state index in [0.717, 1.165) is 11.1 Å². The van der Waals surface area contributed by atoms with Crippen LogP contribution in [0.15, 0.2) is 47.1 Å². The monoisotopic (exact) mass is 376 g/mol. The average molecular weight is 376 g/mol. The first-order valence-electron chi connectivity index (χ1n) is 8.24. The van der Waals surface area contributed by atoms with E-state index < -0.39 is 9.84 Å². The maximum absolute atomic E-state index is 13.1. The molecule has 26 heavy (non-hydrogen) atoms. The zero-order chi connectivity index (χ0) is 18.3. The minimum Gasteiger partial charge on any atom is -0.463 e.